The highest BCUT2D eigenvalue weighted by Gasteiger charge is 2.13. The summed E-state index contributed by atoms with van der Waals surface area (Å²) in [7, 11) is 5.89. The SMILES string of the molecule is CN(C)c1cccc(CN(C)c2cc(C#N)c3cc([N+](=O)[O-])ccc3n2)c1. The number of anilines is 2. The second kappa shape index (κ2) is 7.30. The normalized spacial score (nSPS) is 10.4. The molecule has 1 heterocycles. The monoisotopic (exact) mass is 361 g/mol. The van der Waals surface area contributed by atoms with Crippen molar-refractivity contribution >= 4 is 28.1 Å². The lowest BCUT2D eigenvalue weighted by molar-refractivity contribution is -0.384. The van der Waals surface area contributed by atoms with Gasteiger partial charge in [0.05, 0.1) is 22.1 Å². The molecule has 0 aliphatic heterocycles. The second-order valence-corrected chi connectivity index (χ2v) is 6.52. The van der Waals surface area contributed by atoms with Crippen LogP contribution in [0.2, 0.25) is 0 Å². The Hall–Kier alpha value is -3.66. The van der Waals surface area contributed by atoms with Gasteiger partial charge in [-0.2, -0.15) is 5.26 Å². The molecule has 0 fully saturated rings. The van der Waals surface area contributed by atoms with Crippen molar-refractivity contribution in [1.29, 1.82) is 5.26 Å². The van der Waals surface area contributed by atoms with Gasteiger partial charge in [0.2, 0.25) is 0 Å². The molecule has 0 saturated heterocycles. The van der Waals surface area contributed by atoms with E-state index >= 15 is 0 Å². The zero-order valence-corrected chi connectivity index (χ0v) is 15.4. The third kappa shape index (κ3) is 3.80. The Kier molecular flexibility index (Phi) is 4.90. The van der Waals surface area contributed by atoms with Gasteiger partial charge in [-0.15, -0.1) is 0 Å². The van der Waals surface area contributed by atoms with Gasteiger partial charge in [-0.25, -0.2) is 4.98 Å². The summed E-state index contributed by atoms with van der Waals surface area (Å²) in [6.45, 7) is 0.623. The van der Waals surface area contributed by atoms with E-state index in [1.165, 1.54) is 12.1 Å². The summed E-state index contributed by atoms with van der Waals surface area (Å²) in [6.07, 6.45) is 0. The van der Waals surface area contributed by atoms with Crippen molar-refractivity contribution in [3.63, 3.8) is 0 Å². The van der Waals surface area contributed by atoms with Crippen LogP contribution in [0.4, 0.5) is 17.2 Å². The minimum atomic E-state index is -0.474. The van der Waals surface area contributed by atoms with Crippen molar-refractivity contribution in [3.05, 3.63) is 69.8 Å². The molecule has 0 radical (unpaired) electrons. The summed E-state index contributed by atoms with van der Waals surface area (Å²) >= 11 is 0. The van der Waals surface area contributed by atoms with Gasteiger partial charge < -0.3 is 9.80 Å². The standard InChI is InChI=1S/C20H19N5O2/c1-23(2)16-6-4-5-14(9-16)13-24(3)20-10-15(12-21)18-11-17(25(26)27)7-8-19(18)22-20/h4-11H,13H2,1-3H3. The third-order valence-electron chi connectivity index (χ3n) is 4.35. The van der Waals surface area contributed by atoms with E-state index < -0.39 is 4.92 Å². The van der Waals surface area contributed by atoms with Crippen LogP contribution in [-0.2, 0) is 6.54 Å². The van der Waals surface area contributed by atoms with E-state index in [9.17, 15) is 15.4 Å². The molecule has 136 valence electrons. The van der Waals surface area contributed by atoms with E-state index in [2.05, 4.69) is 17.1 Å². The zero-order chi connectivity index (χ0) is 19.6. The fourth-order valence-corrected chi connectivity index (χ4v) is 2.89. The molecule has 0 amide bonds. The van der Waals surface area contributed by atoms with E-state index in [-0.39, 0.29) is 5.69 Å². The molecule has 0 saturated carbocycles. The summed E-state index contributed by atoms with van der Waals surface area (Å²) in [6, 6.07) is 16.4. The molecule has 0 spiro atoms. The Morgan fingerprint density at radius 1 is 1.15 bits per heavy atom. The maximum absolute atomic E-state index is 11.0. The first-order chi connectivity index (χ1) is 12.9. The molecule has 0 atom stereocenters. The number of nitrogens with zero attached hydrogens (tertiary/aromatic N) is 5. The molecule has 0 bridgehead atoms. The van der Waals surface area contributed by atoms with Crippen LogP contribution in [0.15, 0.2) is 48.5 Å². The van der Waals surface area contributed by atoms with Crippen molar-refractivity contribution in [2.45, 2.75) is 6.54 Å². The predicted molar refractivity (Wildman–Crippen MR) is 106 cm³/mol. The summed E-state index contributed by atoms with van der Waals surface area (Å²) in [5.74, 6) is 0.642. The molecular weight excluding hydrogens is 342 g/mol. The van der Waals surface area contributed by atoms with Crippen molar-refractivity contribution in [2.24, 2.45) is 0 Å². The number of pyridine rings is 1. The Morgan fingerprint density at radius 2 is 1.93 bits per heavy atom. The summed E-state index contributed by atoms with van der Waals surface area (Å²) in [4.78, 5) is 19.1. The lowest BCUT2D eigenvalue weighted by Gasteiger charge is -2.20. The van der Waals surface area contributed by atoms with E-state index in [0.29, 0.717) is 28.8 Å². The van der Waals surface area contributed by atoms with Crippen molar-refractivity contribution in [3.8, 4) is 6.07 Å². The Balaban J connectivity index is 1.96. The quantitative estimate of drug-likeness (QED) is 0.508. The first-order valence-corrected chi connectivity index (χ1v) is 8.35. The number of fused-ring (bicyclic) bond motifs is 1. The topological polar surface area (TPSA) is 86.3 Å². The molecule has 1 aromatic heterocycles. The number of nitro groups is 1. The van der Waals surface area contributed by atoms with Crippen LogP contribution in [0.3, 0.4) is 0 Å². The number of benzene rings is 2. The van der Waals surface area contributed by atoms with Gasteiger partial charge in [0.1, 0.15) is 5.82 Å². The van der Waals surface area contributed by atoms with E-state index in [1.54, 1.807) is 12.1 Å². The van der Waals surface area contributed by atoms with Gasteiger partial charge in [-0.1, -0.05) is 12.1 Å². The molecule has 3 aromatic rings. The van der Waals surface area contributed by atoms with Crippen LogP contribution in [0.25, 0.3) is 10.9 Å². The Morgan fingerprint density at radius 3 is 2.59 bits per heavy atom. The average molecular weight is 361 g/mol. The van der Waals surface area contributed by atoms with Crippen LogP contribution in [-0.4, -0.2) is 31.1 Å². The van der Waals surface area contributed by atoms with Gasteiger partial charge in [-0.3, -0.25) is 10.1 Å². The van der Waals surface area contributed by atoms with E-state index in [1.807, 2.05) is 49.1 Å². The summed E-state index contributed by atoms with van der Waals surface area (Å²) in [5.41, 5.74) is 3.10. The van der Waals surface area contributed by atoms with Gasteiger partial charge >= 0.3 is 0 Å². The predicted octanol–water partition coefficient (Wildman–Crippen LogP) is 3.72. The number of aromatic nitrogens is 1. The lowest BCUT2D eigenvalue weighted by Crippen LogP contribution is -2.18. The molecule has 0 aliphatic rings. The van der Waals surface area contributed by atoms with Crippen LogP contribution >= 0.6 is 0 Å². The fourth-order valence-electron chi connectivity index (χ4n) is 2.89. The van der Waals surface area contributed by atoms with Crippen LogP contribution in [0, 0.1) is 21.4 Å². The largest absolute Gasteiger partial charge is 0.378 e. The molecule has 0 aliphatic carbocycles. The zero-order valence-electron chi connectivity index (χ0n) is 15.4. The van der Waals surface area contributed by atoms with E-state index in [0.717, 1.165) is 11.3 Å². The maximum atomic E-state index is 11.0. The molecule has 3 rings (SSSR count). The van der Waals surface area contributed by atoms with Crippen molar-refractivity contribution in [1.82, 2.24) is 4.98 Å². The molecule has 7 heteroatoms. The van der Waals surface area contributed by atoms with Gasteiger partial charge in [-0.05, 0) is 29.8 Å². The lowest BCUT2D eigenvalue weighted by atomic mass is 10.1. The Labute approximate surface area is 157 Å². The van der Waals surface area contributed by atoms with Gasteiger partial charge in [0, 0.05) is 50.9 Å². The second-order valence-electron chi connectivity index (χ2n) is 6.52. The van der Waals surface area contributed by atoms with Crippen LogP contribution in [0.1, 0.15) is 11.1 Å². The van der Waals surface area contributed by atoms with Crippen molar-refractivity contribution in [2.75, 3.05) is 30.9 Å². The fraction of sp³-hybridized carbons (Fsp3) is 0.200. The highest BCUT2D eigenvalue weighted by molar-refractivity contribution is 5.88. The highest BCUT2D eigenvalue weighted by atomic mass is 16.6. The smallest absolute Gasteiger partial charge is 0.270 e. The van der Waals surface area contributed by atoms with E-state index in [4.69, 9.17) is 0 Å². The first kappa shape index (κ1) is 18.1. The molecule has 0 N–H and O–H groups in total. The van der Waals surface area contributed by atoms with Crippen molar-refractivity contribution < 1.29 is 4.92 Å². The number of hydrogen-bond donors (Lipinski definition) is 0. The molecule has 7 nitrogen and oxygen atoms in total. The third-order valence-corrected chi connectivity index (χ3v) is 4.35. The average Bonchev–Trinajstić information content (AvgIpc) is 2.66. The number of hydrogen-bond acceptors (Lipinski definition) is 6. The number of nitro benzene ring substituents is 1. The van der Waals surface area contributed by atoms with Gasteiger partial charge in [0.25, 0.3) is 5.69 Å². The molecular formula is C20H19N5O2. The Bertz CT molecular complexity index is 1060. The van der Waals surface area contributed by atoms with Gasteiger partial charge in [0.15, 0.2) is 0 Å². The number of non-ortho nitro benzene ring substituents is 1. The molecule has 2 aromatic carbocycles. The minimum Gasteiger partial charge on any atom is -0.378 e. The maximum Gasteiger partial charge on any atom is 0.270 e. The summed E-state index contributed by atoms with van der Waals surface area (Å²) in [5, 5.41) is 21.0. The molecule has 27 heavy (non-hydrogen) atoms. The molecule has 0 unspecified atom stereocenters. The minimum absolute atomic E-state index is 0.0533. The first-order valence-electron chi connectivity index (χ1n) is 8.35. The van der Waals surface area contributed by atoms with Crippen LogP contribution < -0.4 is 9.80 Å². The van der Waals surface area contributed by atoms with Crippen LogP contribution in [0.5, 0.6) is 0 Å². The summed E-state index contributed by atoms with van der Waals surface area (Å²) < 4.78 is 0. The highest BCUT2D eigenvalue weighted by Crippen LogP contribution is 2.27. The number of nitriles is 1. The number of rotatable bonds is 5.